The molecular weight excluding hydrogens is 432 g/mol. The number of ether oxygens (including phenoxy) is 3. The number of benzene rings is 2. The van der Waals surface area contributed by atoms with Crippen LogP contribution in [0.2, 0.25) is 5.02 Å². The lowest BCUT2D eigenvalue weighted by Gasteiger charge is -2.29. The van der Waals surface area contributed by atoms with E-state index in [0.29, 0.717) is 46.4 Å². The van der Waals surface area contributed by atoms with Crippen molar-refractivity contribution in [2.75, 3.05) is 13.7 Å². The molecule has 0 fully saturated rings. The number of methoxy groups -OCH3 is 1. The van der Waals surface area contributed by atoms with Crippen LogP contribution in [-0.2, 0) is 16.1 Å². The third-order valence-corrected chi connectivity index (χ3v) is 5.37. The minimum Gasteiger partial charge on any atom is -0.490 e. The zero-order valence-electron chi connectivity index (χ0n) is 18.4. The second-order valence-corrected chi connectivity index (χ2v) is 7.59. The molecule has 1 heterocycles. The molecule has 1 aliphatic rings. The molecule has 8 heteroatoms. The Kier molecular flexibility index (Phi) is 8.00. The Morgan fingerprint density at radius 2 is 1.88 bits per heavy atom. The van der Waals surface area contributed by atoms with E-state index in [-0.39, 0.29) is 12.6 Å². The molecule has 0 saturated heterocycles. The molecule has 170 valence electrons. The maximum Gasteiger partial charge on any atom is 0.337 e. The van der Waals surface area contributed by atoms with Crippen LogP contribution in [0.4, 0.5) is 4.79 Å². The van der Waals surface area contributed by atoms with Crippen LogP contribution in [0.25, 0.3) is 0 Å². The third kappa shape index (κ3) is 5.34. The summed E-state index contributed by atoms with van der Waals surface area (Å²) in [7, 11) is 1.32. The van der Waals surface area contributed by atoms with Crippen LogP contribution in [0.1, 0.15) is 43.9 Å². The normalized spacial score (nSPS) is 15.6. The van der Waals surface area contributed by atoms with Gasteiger partial charge in [0.25, 0.3) is 0 Å². The number of allylic oxidation sites excluding steroid dienone is 1. The summed E-state index contributed by atoms with van der Waals surface area (Å²) in [5.41, 5.74) is 2.47. The van der Waals surface area contributed by atoms with Crippen LogP contribution in [0.15, 0.2) is 53.7 Å². The molecule has 7 nitrogen and oxygen atoms in total. The molecule has 1 atom stereocenters. The molecule has 2 aromatic rings. The van der Waals surface area contributed by atoms with Gasteiger partial charge in [-0.15, -0.1) is 0 Å². The summed E-state index contributed by atoms with van der Waals surface area (Å²) >= 11 is 6.22. The van der Waals surface area contributed by atoms with Gasteiger partial charge in [0.1, 0.15) is 6.61 Å². The molecule has 0 saturated carbocycles. The van der Waals surface area contributed by atoms with Gasteiger partial charge in [-0.05, 0) is 37.1 Å². The standard InChI is InChI=1S/C24H27ClN2O5/c1-4-8-18-21(23(28)30-3)22(27-24(29)26-18)15-11-12-19(20(13-15)31-5-2)32-14-16-9-6-7-10-17(16)25/h6-7,9-13,22H,4-5,8,14H2,1-3H3,(H2,26,27,29). The maximum atomic E-state index is 12.6. The summed E-state index contributed by atoms with van der Waals surface area (Å²) in [5, 5.41) is 6.18. The Hall–Kier alpha value is -3.19. The molecule has 32 heavy (non-hydrogen) atoms. The van der Waals surface area contributed by atoms with Crippen LogP contribution >= 0.6 is 11.6 Å². The molecule has 0 aliphatic carbocycles. The van der Waals surface area contributed by atoms with Crippen molar-refractivity contribution < 1.29 is 23.8 Å². The minimum absolute atomic E-state index is 0.275. The highest BCUT2D eigenvalue weighted by Crippen LogP contribution is 2.36. The third-order valence-electron chi connectivity index (χ3n) is 5.00. The monoisotopic (exact) mass is 458 g/mol. The summed E-state index contributed by atoms with van der Waals surface area (Å²) in [6, 6.07) is 11.7. The van der Waals surface area contributed by atoms with Gasteiger partial charge in [0.15, 0.2) is 11.5 Å². The molecule has 0 aromatic heterocycles. The molecule has 2 amide bonds. The zero-order chi connectivity index (χ0) is 23.1. The molecule has 0 spiro atoms. The number of rotatable bonds is 9. The SMILES string of the molecule is CCCC1=C(C(=O)OC)C(c2ccc(OCc3ccccc3Cl)c(OCC)c2)NC(=O)N1. The fraction of sp³-hybridized carbons (Fsp3) is 0.333. The van der Waals surface area contributed by atoms with Crippen LogP contribution in [0.3, 0.4) is 0 Å². The Morgan fingerprint density at radius 3 is 2.56 bits per heavy atom. The fourth-order valence-electron chi connectivity index (χ4n) is 3.53. The zero-order valence-corrected chi connectivity index (χ0v) is 19.1. The highest BCUT2D eigenvalue weighted by atomic mass is 35.5. The Bertz CT molecular complexity index is 1020. The van der Waals surface area contributed by atoms with Crippen molar-refractivity contribution in [1.29, 1.82) is 0 Å². The Labute approximate surface area is 192 Å². The highest BCUT2D eigenvalue weighted by Gasteiger charge is 2.33. The first-order valence-corrected chi connectivity index (χ1v) is 10.9. The highest BCUT2D eigenvalue weighted by molar-refractivity contribution is 6.31. The number of carbonyl (C=O) groups is 2. The quantitative estimate of drug-likeness (QED) is 0.522. The first-order chi connectivity index (χ1) is 15.5. The first-order valence-electron chi connectivity index (χ1n) is 10.5. The summed E-state index contributed by atoms with van der Waals surface area (Å²) in [4.78, 5) is 24.9. The van der Waals surface area contributed by atoms with Gasteiger partial charge in [0, 0.05) is 16.3 Å². The van der Waals surface area contributed by atoms with Gasteiger partial charge in [-0.1, -0.05) is 49.2 Å². The lowest BCUT2D eigenvalue weighted by molar-refractivity contribution is -0.136. The van der Waals surface area contributed by atoms with Gasteiger partial charge in [-0.25, -0.2) is 9.59 Å². The van der Waals surface area contributed by atoms with Gasteiger partial charge in [0.05, 0.1) is 25.3 Å². The van der Waals surface area contributed by atoms with Gasteiger partial charge < -0.3 is 24.8 Å². The van der Waals surface area contributed by atoms with Crippen LogP contribution in [0.5, 0.6) is 11.5 Å². The van der Waals surface area contributed by atoms with E-state index >= 15 is 0 Å². The lowest BCUT2D eigenvalue weighted by atomic mass is 9.93. The molecule has 3 rings (SSSR count). The molecule has 1 aliphatic heterocycles. The number of carbonyl (C=O) groups excluding carboxylic acids is 2. The topological polar surface area (TPSA) is 85.9 Å². The lowest BCUT2D eigenvalue weighted by Crippen LogP contribution is -2.45. The van der Waals surface area contributed by atoms with Crippen molar-refractivity contribution in [3.63, 3.8) is 0 Å². The van der Waals surface area contributed by atoms with E-state index in [2.05, 4.69) is 10.6 Å². The predicted octanol–water partition coefficient (Wildman–Crippen LogP) is 4.90. The first kappa shape index (κ1) is 23.5. The largest absolute Gasteiger partial charge is 0.490 e. The van der Waals surface area contributed by atoms with E-state index in [4.69, 9.17) is 25.8 Å². The van der Waals surface area contributed by atoms with Crippen LogP contribution < -0.4 is 20.1 Å². The average Bonchev–Trinajstić information content (AvgIpc) is 2.78. The summed E-state index contributed by atoms with van der Waals surface area (Å²) < 4.78 is 16.8. The van der Waals surface area contributed by atoms with Crippen molar-refractivity contribution in [1.82, 2.24) is 10.6 Å². The molecule has 0 bridgehead atoms. The van der Waals surface area contributed by atoms with Crippen LogP contribution in [-0.4, -0.2) is 25.7 Å². The number of urea groups is 1. The van der Waals surface area contributed by atoms with Gasteiger partial charge >= 0.3 is 12.0 Å². The maximum absolute atomic E-state index is 12.6. The number of nitrogens with one attached hydrogen (secondary N) is 2. The second kappa shape index (κ2) is 10.9. The Morgan fingerprint density at radius 1 is 1.09 bits per heavy atom. The summed E-state index contributed by atoms with van der Waals surface area (Å²) in [6.07, 6.45) is 1.31. The Balaban J connectivity index is 1.95. The molecule has 2 aromatic carbocycles. The summed E-state index contributed by atoms with van der Waals surface area (Å²) in [6.45, 7) is 4.54. The van der Waals surface area contributed by atoms with Crippen molar-refractivity contribution >= 4 is 23.6 Å². The predicted molar refractivity (Wildman–Crippen MR) is 122 cm³/mol. The van der Waals surface area contributed by atoms with Crippen molar-refractivity contribution in [3.8, 4) is 11.5 Å². The van der Waals surface area contributed by atoms with E-state index < -0.39 is 12.0 Å². The number of amides is 2. The molecule has 2 N–H and O–H groups in total. The number of esters is 1. The van der Waals surface area contributed by atoms with Crippen molar-refractivity contribution in [2.24, 2.45) is 0 Å². The number of hydrogen-bond donors (Lipinski definition) is 2. The molecular formula is C24H27ClN2O5. The van der Waals surface area contributed by atoms with E-state index in [9.17, 15) is 9.59 Å². The van der Waals surface area contributed by atoms with E-state index in [0.717, 1.165) is 12.0 Å². The molecule has 1 unspecified atom stereocenters. The summed E-state index contributed by atoms with van der Waals surface area (Å²) in [5.74, 6) is 0.544. The van der Waals surface area contributed by atoms with E-state index in [1.807, 2.05) is 32.0 Å². The minimum atomic E-state index is -0.672. The average molecular weight is 459 g/mol. The van der Waals surface area contributed by atoms with Crippen LogP contribution in [0, 0.1) is 0 Å². The fourth-order valence-corrected chi connectivity index (χ4v) is 3.72. The van der Waals surface area contributed by atoms with E-state index in [1.165, 1.54) is 7.11 Å². The van der Waals surface area contributed by atoms with Gasteiger partial charge in [0.2, 0.25) is 0 Å². The second-order valence-electron chi connectivity index (χ2n) is 7.18. The van der Waals surface area contributed by atoms with Crippen molar-refractivity contribution in [3.05, 3.63) is 69.9 Å². The smallest absolute Gasteiger partial charge is 0.337 e. The number of halogens is 1. The molecule has 0 radical (unpaired) electrons. The van der Waals surface area contributed by atoms with Gasteiger partial charge in [-0.3, -0.25) is 0 Å². The van der Waals surface area contributed by atoms with E-state index in [1.54, 1.807) is 24.3 Å². The van der Waals surface area contributed by atoms with Crippen molar-refractivity contribution in [2.45, 2.75) is 39.3 Å². The number of hydrogen-bond acceptors (Lipinski definition) is 5. The van der Waals surface area contributed by atoms with Gasteiger partial charge in [-0.2, -0.15) is 0 Å².